The van der Waals surface area contributed by atoms with Gasteiger partial charge in [-0.15, -0.1) is 0 Å². The highest BCUT2D eigenvalue weighted by Gasteiger charge is 2.53. The summed E-state index contributed by atoms with van der Waals surface area (Å²) in [7, 11) is -2.20. The molecule has 3 unspecified atom stereocenters. The van der Waals surface area contributed by atoms with E-state index in [2.05, 4.69) is 0 Å². The third-order valence-corrected chi connectivity index (χ3v) is 5.49. The van der Waals surface area contributed by atoms with Crippen molar-refractivity contribution >= 4 is 8.03 Å². The Morgan fingerprint density at radius 1 is 1.08 bits per heavy atom. The Balaban J connectivity index is 2.22. The highest BCUT2D eigenvalue weighted by Crippen LogP contribution is 2.55. The van der Waals surface area contributed by atoms with Gasteiger partial charge in [0.25, 0.3) is 0 Å². The Bertz CT molecular complexity index is 217. The fourth-order valence-electron chi connectivity index (χ4n) is 3.20. The molecule has 13 heavy (non-hydrogen) atoms. The van der Waals surface area contributed by atoms with E-state index in [1.807, 2.05) is 0 Å². The Kier molecular flexibility index (Phi) is 2.71. The summed E-state index contributed by atoms with van der Waals surface area (Å²) in [5.74, 6) is 0.496. The van der Waals surface area contributed by atoms with E-state index >= 15 is 0 Å². The summed E-state index contributed by atoms with van der Waals surface area (Å²) >= 11 is 0. The van der Waals surface area contributed by atoms with Crippen molar-refractivity contribution in [2.45, 2.75) is 56.5 Å². The number of fused-ring (bicyclic) bond motifs is 1. The molecule has 2 aliphatic carbocycles. The first kappa shape index (κ1) is 9.61. The summed E-state index contributed by atoms with van der Waals surface area (Å²) < 4.78 is 11.3. The largest absolute Gasteiger partial charge is 0.595 e. The molecule has 0 aromatic carbocycles. The van der Waals surface area contributed by atoms with Crippen LogP contribution in [-0.2, 0) is 4.57 Å². The minimum atomic E-state index is -2.20. The van der Waals surface area contributed by atoms with Gasteiger partial charge in [-0.25, -0.2) is 0 Å². The molecule has 2 aliphatic rings. The van der Waals surface area contributed by atoms with Crippen molar-refractivity contribution in [1.29, 1.82) is 0 Å². The molecular weight excluding hydrogens is 183 g/mol. The lowest BCUT2D eigenvalue weighted by atomic mass is 9.90. The van der Waals surface area contributed by atoms with Gasteiger partial charge < -0.3 is 4.89 Å². The van der Waals surface area contributed by atoms with Crippen LogP contribution in [0.2, 0.25) is 0 Å². The maximum Gasteiger partial charge on any atom is 0.315 e. The molecule has 0 aromatic rings. The molecule has 74 valence electrons. The van der Waals surface area contributed by atoms with E-state index < -0.39 is 8.03 Å². The predicted octanol–water partition coefficient (Wildman–Crippen LogP) is 2.59. The van der Waals surface area contributed by atoms with E-state index in [0.717, 1.165) is 38.5 Å². The lowest BCUT2D eigenvalue weighted by Crippen LogP contribution is -2.31. The minimum Gasteiger partial charge on any atom is -0.595 e. The number of rotatable bonds is 1. The van der Waals surface area contributed by atoms with Gasteiger partial charge in [-0.05, 0) is 38.5 Å². The van der Waals surface area contributed by atoms with Crippen molar-refractivity contribution in [3.8, 4) is 0 Å². The van der Waals surface area contributed by atoms with E-state index in [9.17, 15) is 9.46 Å². The Hall–Kier alpha value is 0.0600. The maximum atomic E-state index is 11.3. The Morgan fingerprint density at radius 2 is 1.77 bits per heavy atom. The zero-order valence-corrected chi connectivity index (χ0v) is 8.89. The van der Waals surface area contributed by atoms with Crippen molar-refractivity contribution in [2.24, 2.45) is 5.92 Å². The molecule has 3 heteroatoms. The third-order valence-electron chi connectivity index (χ3n) is 3.95. The summed E-state index contributed by atoms with van der Waals surface area (Å²) in [6.07, 6.45) is 8.93. The molecule has 0 heterocycles. The van der Waals surface area contributed by atoms with E-state index in [4.69, 9.17) is 0 Å². The second-order valence-corrected chi connectivity index (χ2v) is 5.95. The molecule has 0 spiro atoms. The summed E-state index contributed by atoms with van der Waals surface area (Å²) in [4.78, 5) is 11.3. The predicted molar refractivity (Wildman–Crippen MR) is 50.8 cm³/mol. The van der Waals surface area contributed by atoms with Crippen molar-refractivity contribution in [1.82, 2.24) is 0 Å². The third kappa shape index (κ3) is 1.55. The van der Waals surface area contributed by atoms with Crippen molar-refractivity contribution < 1.29 is 9.46 Å². The first-order valence-electron chi connectivity index (χ1n) is 5.40. The maximum absolute atomic E-state index is 11.3. The fourth-order valence-corrected chi connectivity index (χ4v) is 4.44. The SMILES string of the molecule is O=[P+]([O-])C12CCCCCC1CCC2. The van der Waals surface area contributed by atoms with Gasteiger partial charge in [-0.1, -0.05) is 17.4 Å². The van der Waals surface area contributed by atoms with Crippen LogP contribution in [-0.4, -0.2) is 5.16 Å². The van der Waals surface area contributed by atoms with Crippen LogP contribution in [0.1, 0.15) is 51.4 Å². The van der Waals surface area contributed by atoms with Crippen LogP contribution < -0.4 is 4.89 Å². The molecule has 2 fully saturated rings. The van der Waals surface area contributed by atoms with Gasteiger partial charge in [0.2, 0.25) is 0 Å². The van der Waals surface area contributed by atoms with Crippen LogP contribution in [0.25, 0.3) is 0 Å². The lowest BCUT2D eigenvalue weighted by Gasteiger charge is -2.24. The molecule has 0 N–H and O–H groups in total. The summed E-state index contributed by atoms with van der Waals surface area (Å²) in [5, 5.41) is -0.272. The normalized spacial score (nSPS) is 41.0. The molecule has 0 bridgehead atoms. The first-order valence-corrected chi connectivity index (χ1v) is 6.58. The molecule has 0 aliphatic heterocycles. The van der Waals surface area contributed by atoms with Crippen LogP contribution in [0.4, 0.5) is 0 Å². The van der Waals surface area contributed by atoms with Gasteiger partial charge in [0, 0.05) is 5.92 Å². The molecular formula is C10H17O2P. The van der Waals surface area contributed by atoms with Gasteiger partial charge in [0.05, 0.1) is 0 Å². The van der Waals surface area contributed by atoms with Crippen LogP contribution in [0.5, 0.6) is 0 Å². The first-order chi connectivity index (χ1) is 6.26. The molecule has 3 atom stereocenters. The van der Waals surface area contributed by atoms with Crippen molar-refractivity contribution in [3.05, 3.63) is 0 Å². The molecule has 2 rings (SSSR count). The summed E-state index contributed by atoms with van der Waals surface area (Å²) in [6.45, 7) is 0. The summed E-state index contributed by atoms with van der Waals surface area (Å²) in [6, 6.07) is 0. The average Bonchev–Trinajstić information content (AvgIpc) is 2.40. The highest BCUT2D eigenvalue weighted by atomic mass is 31.1. The van der Waals surface area contributed by atoms with E-state index in [1.165, 1.54) is 12.8 Å². The Morgan fingerprint density at radius 3 is 2.54 bits per heavy atom. The van der Waals surface area contributed by atoms with Crippen molar-refractivity contribution in [3.63, 3.8) is 0 Å². The standard InChI is InChI=1S/C10H17O2P/c11-13(12)10-7-3-1-2-5-9(10)6-4-8-10/h9H,1-8H2. The monoisotopic (exact) mass is 200 g/mol. The highest BCUT2D eigenvalue weighted by molar-refractivity contribution is 7.38. The minimum absolute atomic E-state index is 0.272. The van der Waals surface area contributed by atoms with Crippen LogP contribution >= 0.6 is 8.03 Å². The van der Waals surface area contributed by atoms with Crippen LogP contribution in [0, 0.1) is 5.92 Å². The average molecular weight is 200 g/mol. The molecule has 0 amide bonds. The van der Waals surface area contributed by atoms with Gasteiger partial charge in [0.1, 0.15) is 0 Å². The smallest absolute Gasteiger partial charge is 0.315 e. The molecule has 0 aromatic heterocycles. The van der Waals surface area contributed by atoms with Gasteiger partial charge in [-0.2, -0.15) is 0 Å². The quantitative estimate of drug-likeness (QED) is 0.610. The zero-order chi connectivity index (χ0) is 9.31. The fraction of sp³-hybridized carbons (Fsp3) is 1.00. The molecule has 2 saturated carbocycles. The molecule has 0 saturated heterocycles. The second-order valence-electron chi connectivity index (χ2n) is 4.55. The van der Waals surface area contributed by atoms with Crippen LogP contribution in [0.15, 0.2) is 0 Å². The number of hydrogen-bond donors (Lipinski definition) is 0. The van der Waals surface area contributed by atoms with Gasteiger partial charge in [-0.3, -0.25) is 0 Å². The number of hydrogen-bond acceptors (Lipinski definition) is 2. The van der Waals surface area contributed by atoms with E-state index in [0.29, 0.717) is 5.92 Å². The zero-order valence-electron chi connectivity index (χ0n) is 8.00. The van der Waals surface area contributed by atoms with Gasteiger partial charge in [0.15, 0.2) is 5.16 Å². The second kappa shape index (κ2) is 3.67. The van der Waals surface area contributed by atoms with Crippen molar-refractivity contribution in [2.75, 3.05) is 0 Å². The lowest BCUT2D eigenvalue weighted by molar-refractivity contribution is -0.171. The molecule has 0 radical (unpaired) electrons. The Labute approximate surface area is 80.6 Å². The van der Waals surface area contributed by atoms with E-state index in [1.54, 1.807) is 0 Å². The molecule has 2 nitrogen and oxygen atoms in total. The van der Waals surface area contributed by atoms with Gasteiger partial charge >= 0.3 is 8.03 Å². The van der Waals surface area contributed by atoms with Crippen LogP contribution in [0.3, 0.4) is 0 Å². The van der Waals surface area contributed by atoms with E-state index in [-0.39, 0.29) is 5.16 Å². The summed E-state index contributed by atoms with van der Waals surface area (Å²) in [5.41, 5.74) is 0. The topological polar surface area (TPSA) is 40.1 Å².